The maximum absolute atomic E-state index is 4.46. The fourth-order valence-electron chi connectivity index (χ4n) is 2.03. The van der Waals surface area contributed by atoms with Crippen molar-refractivity contribution in [2.45, 2.75) is 40.2 Å². The number of aromatic nitrogens is 3. The Labute approximate surface area is 123 Å². The average Bonchev–Trinajstić information content (AvgIpc) is 2.82. The van der Waals surface area contributed by atoms with E-state index in [1.165, 1.54) is 0 Å². The molecule has 0 spiro atoms. The maximum atomic E-state index is 4.46. The first-order valence-corrected chi connectivity index (χ1v) is 7.73. The van der Waals surface area contributed by atoms with Crippen molar-refractivity contribution in [3.05, 3.63) is 28.0 Å². The molecule has 0 unspecified atom stereocenters. The van der Waals surface area contributed by atoms with E-state index in [4.69, 9.17) is 0 Å². The Hall–Kier alpha value is -1.69. The first-order valence-electron chi connectivity index (χ1n) is 6.85. The molecule has 2 aromatic rings. The largest absolute Gasteiger partial charge is 0.370 e. The van der Waals surface area contributed by atoms with Crippen LogP contribution in [0.2, 0.25) is 0 Å². The fourth-order valence-corrected chi connectivity index (χ4v) is 2.75. The maximum Gasteiger partial charge on any atom is 0.135 e. The van der Waals surface area contributed by atoms with Gasteiger partial charge in [0, 0.05) is 23.2 Å². The third kappa shape index (κ3) is 3.45. The zero-order valence-electron chi connectivity index (χ0n) is 12.4. The molecule has 2 heterocycles. The Kier molecular flexibility index (Phi) is 4.89. The second-order valence-corrected chi connectivity index (χ2v) is 5.85. The molecule has 0 aliphatic carbocycles. The van der Waals surface area contributed by atoms with Crippen LogP contribution in [0.1, 0.15) is 43.0 Å². The number of nitrogens with zero attached hydrogens (tertiary/aromatic N) is 3. The summed E-state index contributed by atoms with van der Waals surface area (Å²) in [5, 5.41) is 9.81. The molecule has 0 saturated carbocycles. The van der Waals surface area contributed by atoms with Crippen LogP contribution in [0.3, 0.4) is 0 Å². The lowest BCUT2D eigenvalue weighted by atomic mass is 10.0. The van der Waals surface area contributed by atoms with Gasteiger partial charge in [0.25, 0.3) is 0 Å². The third-order valence-electron chi connectivity index (χ3n) is 2.88. The highest BCUT2D eigenvalue weighted by Gasteiger charge is 2.14. The summed E-state index contributed by atoms with van der Waals surface area (Å²) in [5.41, 5.74) is 2.19. The molecule has 2 aromatic heterocycles. The summed E-state index contributed by atoms with van der Waals surface area (Å²) in [6.45, 7) is 9.92. The zero-order chi connectivity index (χ0) is 14.5. The van der Waals surface area contributed by atoms with E-state index in [-0.39, 0.29) is 0 Å². The van der Waals surface area contributed by atoms with Crippen molar-refractivity contribution in [2.75, 3.05) is 17.2 Å². The molecule has 20 heavy (non-hydrogen) atoms. The average molecular weight is 291 g/mol. The Balaban J connectivity index is 2.19. The van der Waals surface area contributed by atoms with Crippen molar-refractivity contribution in [1.29, 1.82) is 0 Å². The molecule has 0 radical (unpaired) electrons. The van der Waals surface area contributed by atoms with Gasteiger partial charge >= 0.3 is 0 Å². The van der Waals surface area contributed by atoms with Crippen LogP contribution in [0, 0.1) is 6.92 Å². The number of nitrogens with one attached hydrogen (secondary N) is 2. The fraction of sp³-hybridized carbons (Fsp3) is 0.500. The molecule has 108 valence electrons. The predicted octanol–water partition coefficient (Wildman–Crippen LogP) is 3.41. The van der Waals surface area contributed by atoms with Crippen LogP contribution in [0.25, 0.3) is 0 Å². The smallest absolute Gasteiger partial charge is 0.135 e. The summed E-state index contributed by atoms with van der Waals surface area (Å²) in [6.07, 6.45) is 1.60. The number of hydrogen-bond donors (Lipinski definition) is 2. The number of rotatable bonds is 6. The molecule has 0 bridgehead atoms. The van der Waals surface area contributed by atoms with Crippen molar-refractivity contribution in [3.63, 3.8) is 0 Å². The molecule has 0 amide bonds. The van der Waals surface area contributed by atoms with E-state index >= 15 is 0 Å². The Morgan fingerprint density at radius 1 is 1.20 bits per heavy atom. The molecule has 2 N–H and O–H groups in total. The second kappa shape index (κ2) is 6.65. The first kappa shape index (κ1) is 14.7. The summed E-state index contributed by atoms with van der Waals surface area (Å²) in [6, 6.07) is 0. The minimum absolute atomic E-state index is 0.353. The molecule has 0 aliphatic heterocycles. The Morgan fingerprint density at radius 2 is 1.90 bits per heavy atom. The molecule has 0 aliphatic rings. The van der Waals surface area contributed by atoms with Gasteiger partial charge in [-0.2, -0.15) is 0 Å². The molecule has 0 fully saturated rings. The van der Waals surface area contributed by atoms with Gasteiger partial charge in [0.15, 0.2) is 0 Å². The highest BCUT2D eigenvalue weighted by atomic mass is 32.1. The predicted molar refractivity (Wildman–Crippen MR) is 84.5 cm³/mol. The first-order chi connectivity index (χ1) is 9.61. The number of aryl methyl sites for hydroxylation is 1. The lowest BCUT2D eigenvalue weighted by Gasteiger charge is -2.16. The van der Waals surface area contributed by atoms with Gasteiger partial charge in [0.05, 0.1) is 6.54 Å². The standard InChI is InChI=1S/C14H21N5S/c1-5-15-13-12(9(2)3)14(18-8-17-13)16-6-11-19-10(4)7-20-11/h7-9H,5-6H2,1-4H3,(H2,15,16,17,18). The van der Waals surface area contributed by atoms with E-state index < -0.39 is 0 Å². The highest BCUT2D eigenvalue weighted by molar-refractivity contribution is 7.09. The van der Waals surface area contributed by atoms with Crippen LogP contribution < -0.4 is 10.6 Å². The lowest BCUT2D eigenvalue weighted by molar-refractivity contribution is 0.843. The van der Waals surface area contributed by atoms with E-state index in [1.807, 2.05) is 6.92 Å². The van der Waals surface area contributed by atoms with Gasteiger partial charge in [0.2, 0.25) is 0 Å². The molecule has 0 atom stereocenters. The van der Waals surface area contributed by atoms with Crippen molar-refractivity contribution >= 4 is 23.0 Å². The molecule has 2 rings (SSSR count). The zero-order valence-corrected chi connectivity index (χ0v) is 13.2. The quantitative estimate of drug-likeness (QED) is 0.854. The molecule has 5 nitrogen and oxygen atoms in total. The highest BCUT2D eigenvalue weighted by Crippen LogP contribution is 2.28. The van der Waals surface area contributed by atoms with Gasteiger partial charge in [-0.3, -0.25) is 0 Å². The summed E-state index contributed by atoms with van der Waals surface area (Å²) in [5.74, 6) is 2.15. The molecule has 0 saturated heterocycles. The normalized spacial score (nSPS) is 10.8. The van der Waals surface area contributed by atoms with Crippen molar-refractivity contribution < 1.29 is 0 Å². The SMILES string of the molecule is CCNc1ncnc(NCc2nc(C)cs2)c1C(C)C. The molecule has 0 aromatic carbocycles. The van der Waals surface area contributed by atoms with Crippen LogP contribution in [0.4, 0.5) is 11.6 Å². The molecule has 6 heteroatoms. The monoisotopic (exact) mass is 291 g/mol. The van der Waals surface area contributed by atoms with Gasteiger partial charge in [-0.25, -0.2) is 15.0 Å². The van der Waals surface area contributed by atoms with Crippen LogP contribution >= 0.6 is 11.3 Å². The van der Waals surface area contributed by atoms with E-state index in [2.05, 4.69) is 51.7 Å². The van der Waals surface area contributed by atoms with Crippen molar-refractivity contribution in [3.8, 4) is 0 Å². The van der Waals surface area contributed by atoms with Crippen LogP contribution in [0.15, 0.2) is 11.7 Å². The van der Waals surface area contributed by atoms with Crippen LogP contribution in [-0.4, -0.2) is 21.5 Å². The summed E-state index contributed by atoms with van der Waals surface area (Å²) >= 11 is 1.66. The minimum atomic E-state index is 0.353. The van der Waals surface area contributed by atoms with E-state index in [1.54, 1.807) is 17.7 Å². The topological polar surface area (TPSA) is 62.7 Å². The third-order valence-corrected chi connectivity index (χ3v) is 3.85. The minimum Gasteiger partial charge on any atom is -0.370 e. The van der Waals surface area contributed by atoms with Crippen LogP contribution in [-0.2, 0) is 6.54 Å². The summed E-state index contributed by atoms with van der Waals surface area (Å²) in [4.78, 5) is 13.2. The van der Waals surface area contributed by atoms with Gasteiger partial charge < -0.3 is 10.6 Å². The molecular weight excluding hydrogens is 270 g/mol. The van der Waals surface area contributed by atoms with Gasteiger partial charge in [-0.1, -0.05) is 13.8 Å². The van der Waals surface area contributed by atoms with E-state index in [0.29, 0.717) is 12.5 Å². The van der Waals surface area contributed by atoms with Gasteiger partial charge in [-0.15, -0.1) is 11.3 Å². The van der Waals surface area contributed by atoms with E-state index in [9.17, 15) is 0 Å². The summed E-state index contributed by atoms with van der Waals surface area (Å²) < 4.78 is 0. The Bertz CT molecular complexity index is 564. The number of anilines is 2. The van der Waals surface area contributed by atoms with Gasteiger partial charge in [0.1, 0.15) is 23.0 Å². The lowest BCUT2D eigenvalue weighted by Crippen LogP contribution is -2.11. The van der Waals surface area contributed by atoms with Crippen molar-refractivity contribution in [1.82, 2.24) is 15.0 Å². The Morgan fingerprint density at radius 3 is 2.45 bits per heavy atom. The van der Waals surface area contributed by atoms with E-state index in [0.717, 1.165) is 34.4 Å². The molecular formula is C14H21N5S. The van der Waals surface area contributed by atoms with Crippen LogP contribution in [0.5, 0.6) is 0 Å². The number of thiazole rings is 1. The summed E-state index contributed by atoms with van der Waals surface area (Å²) in [7, 11) is 0. The van der Waals surface area contributed by atoms with Gasteiger partial charge in [-0.05, 0) is 19.8 Å². The second-order valence-electron chi connectivity index (χ2n) is 4.91. The van der Waals surface area contributed by atoms with Crippen molar-refractivity contribution in [2.24, 2.45) is 0 Å². The number of hydrogen-bond acceptors (Lipinski definition) is 6.